The van der Waals surface area contributed by atoms with Crippen LogP contribution in [0.3, 0.4) is 0 Å². The van der Waals surface area contributed by atoms with Crippen LogP contribution in [0, 0.1) is 12.8 Å². The number of ether oxygens (including phenoxy) is 2. The zero-order valence-corrected chi connectivity index (χ0v) is 20.8. The molecule has 2 heterocycles. The normalized spacial score (nSPS) is 14.0. The number of hydrogen-bond donors (Lipinski definition) is 1. The summed E-state index contributed by atoms with van der Waals surface area (Å²) in [6.07, 6.45) is 1.39. The molecule has 1 amide bonds. The van der Waals surface area contributed by atoms with Crippen LogP contribution in [0.2, 0.25) is 5.02 Å². The maximum absolute atomic E-state index is 12.8. The molecule has 0 atom stereocenters. The van der Waals surface area contributed by atoms with Gasteiger partial charge < -0.3 is 19.7 Å². The highest BCUT2D eigenvalue weighted by molar-refractivity contribution is 6.31. The molecule has 184 valence electrons. The monoisotopic (exact) mass is 496 g/mol. The van der Waals surface area contributed by atoms with Gasteiger partial charge in [0.2, 0.25) is 5.91 Å². The van der Waals surface area contributed by atoms with E-state index in [4.69, 9.17) is 21.1 Å². The molecule has 0 unspecified atom stereocenters. The van der Waals surface area contributed by atoms with Gasteiger partial charge in [-0.2, -0.15) is 4.68 Å². The first-order valence-electron chi connectivity index (χ1n) is 11.5. The summed E-state index contributed by atoms with van der Waals surface area (Å²) in [5.41, 5.74) is 2.22. The Morgan fingerprint density at radius 3 is 2.54 bits per heavy atom. The van der Waals surface area contributed by atoms with Crippen molar-refractivity contribution in [3.63, 3.8) is 0 Å². The van der Waals surface area contributed by atoms with E-state index in [1.165, 1.54) is 10.7 Å². The Kier molecular flexibility index (Phi) is 7.60. The number of amides is 1. The molecule has 1 fully saturated rings. The van der Waals surface area contributed by atoms with Crippen molar-refractivity contribution in [1.29, 1.82) is 0 Å². The Bertz CT molecular complexity index is 1270. The van der Waals surface area contributed by atoms with E-state index in [9.17, 15) is 9.59 Å². The third-order valence-corrected chi connectivity index (χ3v) is 6.73. The lowest BCUT2D eigenvalue weighted by atomic mass is 9.96. The number of aromatic nitrogens is 2. The Hall–Kier alpha value is -3.52. The number of methoxy groups -OCH3 is 2. The third kappa shape index (κ3) is 5.59. The van der Waals surface area contributed by atoms with E-state index in [1.807, 2.05) is 31.2 Å². The topological polar surface area (TPSA) is 85.7 Å². The summed E-state index contributed by atoms with van der Waals surface area (Å²) in [4.78, 5) is 27.3. The molecule has 1 saturated heterocycles. The number of aryl methyl sites for hydroxylation is 1. The van der Waals surface area contributed by atoms with Gasteiger partial charge in [-0.25, -0.2) is 0 Å². The highest BCUT2D eigenvalue weighted by Gasteiger charge is 2.26. The lowest BCUT2D eigenvalue weighted by Gasteiger charge is -2.32. The number of rotatable bonds is 7. The highest BCUT2D eigenvalue weighted by atomic mass is 35.5. The van der Waals surface area contributed by atoms with Crippen molar-refractivity contribution in [1.82, 2.24) is 15.1 Å². The van der Waals surface area contributed by atoms with Crippen LogP contribution in [0.1, 0.15) is 24.0 Å². The number of hydrogen-bond acceptors (Lipinski definition) is 6. The van der Waals surface area contributed by atoms with Crippen molar-refractivity contribution in [2.45, 2.75) is 26.3 Å². The van der Waals surface area contributed by atoms with Crippen molar-refractivity contribution in [2.24, 2.45) is 5.92 Å². The molecular weight excluding hydrogens is 468 g/mol. The van der Waals surface area contributed by atoms with E-state index in [1.54, 1.807) is 32.4 Å². The molecule has 0 bridgehead atoms. The van der Waals surface area contributed by atoms with E-state index in [2.05, 4.69) is 15.3 Å². The van der Waals surface area contributed by atoms with E-state index < -0.39 is 0 Å². The first-order valence-corrected chi connectivity index (χ1v) is 11.9. The van der Waals surface area contributed by atoms with Gasteiger partial charge in [0.15, 0.2) is 0 Å². The van der Waals surface area contributed by atoms with E-state index in [0.29, 0.717) is 60.5 Å². The summed E-state index contributed by atoms with van der Waals surface area (Å²) in [5, 5.41) is 8.18. The minimum atomic E-state index is -0.225. The first kappa shape index (κ1) is 24.6. The number of nitrogens with zero attached hydrogens (tertiary/aromatic N) is 3. The molecule has 1 aliphatic heterocycles. The molecule has 1 aromatic heterocycles. The second-order valence-corrected chi connectivity index (χ2v) is 8.94. The number of carbonyl (C=O) groups is 1. The number of piperidine rings is 1. The van der Waals surface area contributed by atoms with E-state index in [0.717, 1.165) is 11.1 Å². The molecule has 1 aliphatic rings. The van der Waals surface area contributed by atoms with Gasteiger partial charge in [0.05, 0.1) is 19.9 Å². The average molecular weight is 497 g/mol. The van der Waals surface area contributed by atoms with Crippen LogP contribution in [-0.2, 0) is 11.3 Å². The van der Waals surface area contributed by atoms with E-state index in [-0.39, 0.29) is 17.4 Å². The molecule has 4 rings (SSSR count). The number of benzene rings is 2. The number of carbonyl (C=O) groups excluding carboxylic acids is 1. The first-order chi connectivity index (χ1) is 16.9. The van der Waals surface area contributed by atoms with Gasteiger partial charge in [-0.15, -0.1) is 5.10 Å². The van der Waals surface area contributed by atoms with Gasteiger partial charge in [0.1, 0.15) is 17.3 Å². The fourth-order valence-electron chi connectivity index (χ4n) is 4.16. The molecule has 0 spiro atoms. The fraction of sp³-hybridized carbons (Fsp3) is 0.346. The summed E-state index contributed by atoms with van der Waals surface area (Å²) in [5.74, 6) is 2.01. The van der Waals surface area contributed by atoms with Crippen molar-refractivity contribution in [3.8, 4) is 17.2 Å². The maximum atomic E-state index is 12.8. The molecule has 0 radical (unpaired) electrons. The predicted octanol–water partition coefficient (Wildman–Crippen LogP) is 3.74. The summed E-state index contributed by atoms with van der Waals surface area (Å²) in [6, 6.07) is 14.2. The van der Waals surface area contributed by atoms with Crippen LogP contribution in [0.15, 0.2) is 53.3 Å². The van der Waals surface area contributed by atoms with Crippen LogP contribution in [-0.4, -0.2) is 43.0 Å². The minimum absolute atomic E-state index is 0.0229. The van der Waals surface area contributed by atoms with Gasteiger partial charge in [0.25, 0.3) is 5.56 Å². The maximum Gasteiger partial charge on any atom is 0.271 e. The Balaban J connectivity index is 1.38. The van der Waals surface area contributed by atoms with Gasteiger partial charge in [-0.1, -0.05) is 17.7 Å². The van der Waals surface area contributed by atoms with Gasteiger partial charge in [-0.3, -0.25) is 9.59 Å². The van der Waals surface area contributed by atoms with Crippen LogP contribution in [0.4, 0.5) is 5.82 Å². The van der Waals surface area contributed by atoms with Crippen LogP contribution >= 0.6 is 11.6 Å². The van der Waals surface area contributed by atoms with E-state index >= 15 is 0 Å². The van der Waals surface area contributed by atoms with Crippen LogP contribution in [0.5, 0.6) is 11.5 Å². The largest absolute Gasteiger partial charge is 0.497 e. The molecule has 0 aliphatic carbocycles. The number of nitrogens with one attached hydrogen (secondary N) is 1. The van der Waals surface area contributed by atoms with Crippen LogP contribution in [0.25, 0.3) is 5.69 Å². The number of anilines is 1. The molecule has 1 N–H and O–H groups in total. The Morgan fingerprint density at radius 2 is 1.86 bits per heavy atom. The standard InChI is InChI=1S/C26H29ClN4O4/c1-17-4-6-20(14-22(17)27)31-25(32)9-8-24(29-31)30-12-10-18(11-13-30)26(33)28-16-19-5-7-21(34-2)15-23(19)35-3/h4-9,14-15,18H,10-13,16H2,1-3H3,(H,28,33). The quantitative estimate of drug-likeness (QED) is 0.536. The van der Waals surface area contributed by atoms with Crippen molar-refractivity contribution in [2.75, 3.05) is 32.2 Å². The van der Waals surface area contributed by atoms with Crippen LogP contribution < -0.4 is 25.2 Å². The minimum Gasteiger partial charge on any atom is -0.497 e. The van der Waals surface area contributed by atoms with Crippen molar-refractivity contribution in [3.05, 3.63) is 75.0 Å². The molecular formula is C26H29ClN4O4. The second kappa shape index (κ2) is 10.8. The Morgan fingerprint density at radius 1 is 1.09 bits per heavy atom. The van der Waals surface area contributed by atoms with Gasteiger partial charge in [0, 0.05) is 48.3 Å². The lowest BCUT2D eigenvalue weighted by molar-refractivity contribution is -0.125. The smallest absolute Gasteiger partial charge is 0.271 e. The fourth-order valence-corrected chi connectivity index (χ4v) is 4.34. The molecule has 35 heavy (non-hydrogen) atoms. The summed E-state index contributed by atoms with van der Waals surface area (Å²) < 4.78 is 12.0. The molecule has 0 saturated carbocycles. The third-order valence-electron chi connectivity index (χ3n) is 6.32. The van der Waals surface area contributed by atoms with Crippen molar-refractivity contribution < 1.29 is 14.3 Å². The summed E-state index contributed by atoms with van der Waals surface area (Å²) in [7, 11) is 3.20. The lowest BCUT2D eigenvalue weighted by Crippen LogP contribution is -2.41. The SMILES string of the molecule is COc1ccc(CNC(=O)C2CCN(c3ccc(=O)n(-c4ccc(C)c(Cl)c4)n3)CC2)c(OC)c1. The summed E-state index contributed by atoms with van der Waals surface area (Å²) >= 11 is 6.24. The van der Waals surface area contributed by atoms with Gasteiger partial charge in [-0.05, 0) is 55.7 Å². The average Bonchev–Trinajstić information content (AvgIpc) is 2.89. The summed E-state index contributed by atoms with van der Waals surface area (Å²) in [6.45, 7) is 3.64. The van der Waals surface area contributed by atoms with Crippen molar-refractivity contribution >= 4 is 23.3 Å². The second-order valence-electron chi connectivity index (χ2n) is 8.53. The molecule has 2 aromatic carbocycles. The zero-order valence-electron chi connectivity index (χ0n) is 20.1. The highest BCUT2D eigenvalue weighted by Crippen LogP contribution is 2.26. The Labute approximate surface area is 209 Å². The molecule has 8 nitrogen and oxygen atoms in total. The zero-order chi connectivity index (χ0) is 24.9. The molecule has 3 aromatic rings. The van der Waals surface area contributed by atoms with Gasteiger partial charge >= 0.3 is 0 Å². The molecule has 9 heteroatoms. The number of halogens is 1. The predicted molar refractivity (Wildman–Crippen MR) is 136 cm³/mol.